The Bertz CT molecular complexity index is 1050. The molecule has 0 unspecified atom stereocenters. The van der Waals surface area contributed by atoms with Crippen LogP contribution in [0.3, 0.4) is 0 Å². The lowest BCUT2D eigenvalue weighted by atomic mass is 10.2. The average molecular weight is 323 g/mol. The predicted molar refractivity (Wildman–Crippen MR) is 90.3 cm³/mol. The van der Waals surface area contributed by atoms with Crippen LogP contribution in [0.5, 0.6) is 0 Å². The molecule has 0 N–H and O–H groups in total. The highest BCUT2D eigenvalue weighted by molar-refractivity contribution is 7.99. The summed E-state index contributed by atoms with van der Waals surface area (Å²) < 4.78 is 3.23. The maximum absolute atomic E-state index is 12.8. The fourth-order valence-electron chi connectivity index (χ4n) is 2.48. The third kappa shape index (κ3) is 2.29. The molecule has 0 aliphatic carbocycles. The summed E-state index contributed by atoms with van der Waals surface area (Å²) in [5.41, 5.74) is 1.41. The molecule has 0 amide bonds. The van der Waals surface area contributed by atoms with E-state index < -0.39 is 0 Å². The van der Waals surface area contributed by atoms with Gasteiger partial charge in [-0.15, -0.1) is 5.10 Å². The molecule has 0 saturated heterocycles. The first-order chi connectivity index (χ1) is 11.3. The van der Waals surface area contributed by atoms with E-state index in [1.165, 1.54) is 0 Å². The van der Waals surface area contributed by atoms with Crippen molar-refractivity contribution in [3.8, 4) is 5.69 Å². The van der Waals surface area contributed by atoms with Crippen molar-refractivity contribution in [1.29, 1.82) is 0 Å². The summed E-state index contributed by atoms with van der Waals surface area (Å²) in [6, 6.07) is 11.4. The minimum Gasteiger partial charge on any atom is -0.284 e. The Labute approximate surface area is 135 Å². The first-order valence-corrected chi connectivity index (χ1v) is 8.22. The lowest BCUT2D eigenvalue weighted by Crippen LogP contribution is -2.18. The summed E-state index contributed by atoms with van der Waals surface area (Å²) in [5.74, 6) is 1.39. The molecule has 0 aliphatic heterocycles. The highest BCUT2D eigenvalue weighted by Crippen LogP contribution is 2.17. The van der Waals surface area contributed by atoms with Crippen molar-refractivity contribution in [3.05, 3.63) is 59.1 Å². The molecule has 1 aromatic carbocycles. The van der Waals surface area contributed by atoms with Crippen LogP contribution in [0.25, 0.3) is 22.4 Å². The van der Waals surface area contributed by atoms with Crippen molar-refractivity contribution in [2.24, 2.45) is 0 Å². The topological polar surface area (TPSA) is 65.1 Å². The van der Waals surface area contributed by atoms with Crippen LogP contribution in [0.2, 0.25) is 0 Å². The van der Waals surface area contributed by atoms with E-state index in [-0.39, 0.29) is 5.56 Å². The smallest absolute Gasteiger partial charge is 0.266 e. The number of benzene rings is 1. The van der Waals surface area contributed by atoms with E-state index in [0.29, 0.717) is 21.8 Å². The fraction of sp³-hybridized carbons (Fsp3) is 0.125. The predicted octanol–water partition coefficient (Wildman–Crippen LogP) is 2.54. The van der Waals surface area contributed by atoms with E-state index in [4.69, 9.17) is 0 Å². The fourth-order valence-corrected chi connectivity index (χ4v) is 3.03. The zero-order valence-electron chi connectivity index (χ0n) is 12.4. The molecule has 0 bridgehead atoms. The Kier molecular flexibility index (Phi) is 3.34. The van der Waals surface area contributed by atoms with E-state index in [2.05, 4.69) is 15.1 Å². The molecule has 0 saturated carbocycles. The van der Waals surface area contributed by atoms with E-state index >= 15 is 0 Å². The molecule has 0 spiro atoms. The summed E-state index contributed by atoms with van der Waals surface area (Å²) in [7, 11) is 0. The molecular weight excluding hydrogens is 310 g/mol. The van der Waals surface area contributed by atoms with Crippen molar-refractivity contribution in [3.63, 3.8) is 0 Å². The van der Waals surface area contributed by atoms with Gasteiger partial charge in [0.15, 0.2) is 0 Å². The molecule has 0 aliphatic rings. The molecule has 23 heavy (non-hydrogen) atoms. The van der Waals surface area contributed by atoms with Crippen LogP contribution in [-0.4, -0.2) is 29.9 Å². The summed E-state index contributed by atoms with van der Waals surface area (Å²) in [6.07, 6.45) is 3.33. The zero-order valence-corrected chi connectivity index (χ0v) is 13.2. The Balaban J connectivity index is 1.98. The van der Waals surface area contributed by atoms with Crippen molar-refractivity contribution < 1.29 is 0 Å². The van der Waals surface area contributed by atoms with Gasteiger partial charge in [0, 0.05) is 18.1 Å². The Hall–Kier alpha value is -2.67. The minimum absolute atomic E-state index is 0.122. The SMILES string of the molecule is CCSc1nc2ncc3c(=O)n(-c4ccccc4)ccc3n2n1. The number of hydrogen-bond acceptors (Lipinski definition) is 5. The molecule has 3 aromatic heterocycles. The molecular formula is C16H13N5OS. The zero-order chi connectivity index (χ0) is 15.8. The van der Waals surface area contributed by atoms with Gasteiger partial charge in [0.05, 0.1) is 10.9 Å². The summed E-state index contributed by atoms with van der Waals surface area (Å²) in [6.45, 7) is 2.04. The highest BCUT2D eigenvalue weighted by Gasteiger charge is 2.11. The third-order valence-corrected chi connectivity index (χ3v) is 4.24. The van der Waals surface area contributed by atoms with Gasteiger partial charge in [-0.1, -0.05) is 36.9 Å². The van der Waals surface area contributed by atoms with Crippen LogP contribution in [0, 0.1) is 0 Å². The van der Waals surface area contributed by atoms with Gasteiger partial charge in [-0.3, -0.25) is 9.36 Å². The number of hydrogen-bond donors (Lipinski definition) is 0. The van der Waals surface area contributed by atoms with Gasteiger partial charge >= 0.3 is 0 Å². The number of nitrogens with zero attached hydrogens (tertiary/aromatic N) is 5. The van der Waals surface area contributed by atoms with Gasteiger partial charge in [-0.05, 0) is 24.0 Å². The molecule has 3 heterocycles. The first-order valence-electron chi connectivity index (χ1n) is 7.23. The molecule has 0 atom stereocenters. The van der Waals surface area contributed by atoms with Crippen LogP contribution < -0.4 is 5.56 Å². The van der Waals surface area contributed by atoms with E-state index in [1.54, 1.807) is 33.2 Å². The van der Waals surface area contributed by atoms with Crippen LogP contribution in [0.15, 0.2) is 58.7 Å². The maximum Gasteiger partial charge on any atom is 0.266 e. The molecule has 0 fully saturated rings. The third-order valence-electron chi connectivity index (χ3n) is 3.52. The van der Waals surface area contributed by atoms with Crippen molar-refractivity contribution >= 4 is 28.4 Å². The molecule has 7 heteroatoms. The molecule has 6 nitrogen and oxygen atoms in total. The number of pyridine rings is 1. The van der Waals surface area contributed by atoms with E-state index in [0.717, 1.165) is 11.4 Å². The van der Waals surface area contributed by atoms with Gasteiger partial charge in [0.1, 0.15) is 0 Å². The van der Waals surface area contributed by atoms with Crippen molar-refractivity contribution in [1.82, 2.24) is 24.1 Å². The second-order valence-electron chi connectivity index (χ2n) is 4.92. The second kappa shape index (κ2) is 5.51. The van der Waals surface area contributed by atoms with E-state index in [1.807, 2.05) is 43.3 Å². The normalized spacial score (nSPS) is 11.3. The van der Waals surface area contributed by atoms with Gasteiger partial charge < -0.3 is 0 Å². The van der Waals surface area contributed by atoms with Crippen molar-refractivity contribution in [2.75, 3.05) is 5.75 Å². The quantitative estimate of drug-likeness (QED) is 0.542. The van der Waals surface area contributed by atoms with E-state index in [9.17, 15) is 4.79 Å². The monoisotopic (exact) mass is 323 g/mol. The lowest BCUT2D eigenvalue weighted by Gasteiger charge is -2.07. The number of aromatic nitrogens is 5. The van der Waals surface area contributed by atoms with Crippen LogP contribution in [-0.2, 0) is 0 Å². The summed E-state index contributed by atoms with van der Waals surface area (Å²) >= 11 is 1.55. The van der Waals surface area contributed by atoms with Crippen LogP contribution in [0.1, 0.15) is 6.92 Å². The Morgan fingerprint density at radius 1 is 1.17 bits per heavy atom. The minimum atomic E-state index is -0.122. The molecule has 114 valence electrons. The number of para-hydroxylation sites is 1. The van der Waals surface area contributed by atoms with Crippen molar-refractivity contribution in [2.45, 2.75) is 12.1 Å². The lowest BCUT2D eigenvalue weighted by molar-refractivity contribution is 0.903. The number of thioether (sulfide) groups is 1. The average Bonchev–Trinajstić information content (AvgIpc) is 2.99. The van der Waals surface area contributed by atoms with Gasteiger partial charge in [0.25, 0.3) is 11.3 Å². The molecule has 0 radical (unpaired) electrons. The number of fused-ring (bicyclic) bond motifs is 3. The van der Waals surface area contributed by atoms with Crippen LogP contribution >= 0.6 is 11.8 Å². The largest absolute Gasteiger partial charge is 0.284 e. The molecule has 4 rings (SSSR count). The van der Waals surface area contributed by atoms with Crippen LogP contribution in [0.4, 0.5) is 0 Å². The highest BCUT2D eigenvalue weighted by atomic mass is 32.2. The maximum atomic E-state index is 12.8. The first kappa shape index (κ1) is 14.0. The Morgan fingerprint density at radius 2 is 2.00 bits per heavy atom. The standard InChI is InChI=1S/C16H13N5OS/c1-2-23-16-18-15-17-10-12-13(21(15)19-16)8-9-20(14(12)22)11-6-4-3-5-7-11/h3-10H,2H2,1H3. The second-order valence-corrected chi connectivity index (χ2v) is 6.15. The van der Waals surface area contributed by atoms with Gasteiger partial charge in [0.2, 0.25) is 5.16 Å². The number of rotatable bonds is 3. The van der Waals surface area contributed by atoms with Gasteiger partial charge in [-0.2, -0.15) is 9.50 Å². The van der Waals surface area contributed by atoms with Gasteiger partial charge in [-0.25, -0.2) is 4.98 Å². The Morgan fingerprint density at radius 3 is 2.78 bits per heavy atom. The summed E-state index contributed by atoms with van der Waals surface area (Å²) in [5, 5.41) is 5.61. The molecule has 4 aromatic rings. The summed E-state index contributed by atoms with van der Waals surface area (Å²) in [4.78, 5) is 21.4.